The van der Waals surface area contributed by atoms with Crippen molar-refractivity contribution in [3.63, 3.8) is 0 Å². The van der Waals surface area contributed by atoms with Gasteiger partial charge in [-0.2, -0.15) is 0 Å². The van der Waals surface area contributed by atoms with Crippen molar-refractivity contribution in [3.8, 4) is 0 Å². The van der Waals surface area contributed by atoms with Gasteiger partial charge in [0.15, 0.2) is 0 Å². The van der Waals surface area contributed by atoms with Gasteiger partial charge in [0.05, 0.1) is 0 Å². The lowest BCUT2D eigenvalue weighted by atomic mass is 10.0. The van der Waals surface area contributed by atoms with E-state index in [9.17, 15) is 4.39 Å². The summed E-state index contributed by atoms with van der Waals surface area (Å²) in [4.78, 5) is 2.13. The maximum Gasteiger partial charge on any atom is 0.128 e. The second kappa shape index (κ2) is 4.73. The number of hydrogen-bond acceptors (Lipinski definition) is 2. The van der Waals surface area contributed by atoms with Gasteiger partial charge in [0.25, 0.3) is 0 Å². The fourth-order valence-corrected chi connectivity index (χ4v) is 1.97. The molecular weight excluding hydrogens is 191 g/mol. The van der Waals surface area contributed by atoms with Crippen LogP contribution in [0.1, 0.15) is 12.0 Å². The zero-order chi connectivity index (χ0) is 10.7. The highest BCUT2D eigenvalue weighted by molar-refractivity contribution is 5.14. The summed E-state index contributed by atoms with van der Waals surface area (Å²) in [5.74, 6) is 0. The summed E-state index contributed by atoms with van der Waals surface area (Å²) in [6.07, 6.45) is -0.115. The van der Waals surface area contributed by atoms with E-state index in [0.29, 0.717) is 6.54 Å². The van der Waals surface area contributed by atoms with E-state index in [0.717, 1.165) is 19.5 Å². The lowest BCUT2D eigenvalue weighted by Gasteiger charge is -2.32. The van der Waals surface area contributed by atoms with Gasteiger partial charge in [0.1, 0.15) is 6.17 Å². The maximum atomic E-state index is 13.4. The molecule has 15 heavy (non-hydrogen) atoms. The molecule has 1 aliphatic heterocycles. The molecule has 0 amide bonds. The molecule has 2 atom stereocenters. The van der Waals surface area contributed by atoms with E-state index in [2.05, 4.69) is 17.0 Å². The number of benzene rings is 1. The fraction of sp³-hybridized carbons (Fsp3) is 0.500. The van der Waals surface area contributed by atoms with Crippen LogP contribution in [0.3, 0.4) is 0 Å². The number of piperidine rings is 1. The molecule has 2 rings (SSSR count). The third kappa shape index (κ3) is 2.76. The zero-order valence-electron chi connectivity index (χ0n) is 8.77. The van der Waals surface area contributed by atoms with Crippen LogP contribution in [0.25, 0.3) is 0 Å². The van der Waals surface area contributed by atoms with Gasteiger partial charge >= 0.3 is 0 Å². The van der Waals surface area contributed by atoms with Gasteiger partial charge in [-0.15, -0.1) is 0 Å². The Labute approximate surface area is 89.9 Å². The summed E-state index contributed by atoms with van der Waals surface area (Å²) >= 11 is 0. The number of rotatable bonds is 2. The van der Waals surface area contributed by atoms with Gasteiger partial charge in [0, 0.05) is 25.7 Å². The molecule has 3 heteroatoms. The minimum atomic E-state index is -0.873. The summed E-state index contributed by atoms with van der Waals surface area (Å²) < 4.78 is 13.4. The van der Waals surface area contributed by atoms with Crippen LogP contribution in [-0.2, 0) is 6.54 Å². The topological polar surface area (TPSA) is 29.3 Å². The van der Waals surface area contributed by atoms with E-state index < -0.39 is 6.17 Å². The van der Waals surface area contributed by atoms with Crippen LogP contribution in [0.5, 0.6) is 0 Å². The Morgan fingerprint density at radius 1 is 1.33 bits per heavy atom. The molecule has 1 aromatic carbocycles. The molecule has 0 bridgehead atoms. The van der Waals surface area contributed by atoms with Gasteiger partial charge in [-0.1, -0.05) is 30.3 Å². The van der Waals surface area contributed by atoms with Crippen molar-refractivity contribution in [2.24, 2.45) is 5.73 Å². The second-order valence-electron chi connectivity index (χ2n) is 4.19. The van der Waals surface area contributed by atoms with Crippen molar-refractivity contribution < 1.29 is 4.39 Å². The molecule has 1 heterocycles. The molecule has 0 radical (unpaired) electrons. The third-order valence-electron chi connectivity index (χ3n) is 2.92. The van der Waals surface area contributed by atoms with Crippen molar-refractivity contribution in [2.45, 2.75) is 25.2 Å². The predicted molar refractivity (Wildman–Crippen MR) is 59.2 cm³/mol. The summed E-state index contributed by atoms with van der Waals surface area (Å²) in [7, 11) is 0. The van der Waals surface area contributed by atoms with E-state index in [1.807, 2.05) is 18.2 Å². The van der Waals surface area contributed by atoms with Crippen molar-refractivity contribution in [1.29, 1.82) is 0 Å². The first-order valence-electron chi connectivity index (χ1n) is 5.41. The number of halogens is 1. The van der Waals surface area contributed by atoms with Crippen molar-refractivity contribution >= 4 is 0 Å². The molecule has 2 N–H and O–H groups in total. The molecule has 0 spiro atoms. The van der Waals surface area contributed by atoms with Crippen molar-refractivity contribution in [3.05, 3.63) is 35.9 Å². The first-order chi connectivity index (χ1) is 7.25. The minimum absolute atomic E-state index is 0.267. The Balaban J connectivity index is 1.91. The Kier molecular flexibility index (Phi) is 3.34. The molecule has 0 aromatic heterocycles. The molecule has 0 aliphatic carbocycles. The van der Waals surface area contributed by atoms with E-state index in [1.165, 1.54) is 5.56 Å². The van der Waals surface area contributed by atoms with Crippen LogP contribution in [0.15, 0.2) is 30.3 Å². The van der Waals surface area contributed by atoms with Crippen molar-refractivity contribution in [1.82, 2.24) is 4.90 Å². The average Bonchev–Trinajstić information content (AvgIpc) is 2.25. The maximum absolute atomic E-state index is 13.4. The largest absolute Gasteiger partial charge is 0.325 e. The molecule has 0 saturated carbocycles. The minimum Gasteiger partial charge on any atom is -0.325 e. The molecular formula is C12H17FN2. The van der Waals surface area contributed by atoms with Crippen LogP contribution in [0.4, 0.5) is 4.39 Å². The van der Waals surface area contributed by atoms with E-state index in [-0.39, 0.29) is 6.04 Å². The third-order valence-corrected chi connectivity index (χ3v) is 2.92. The SMILES string of the molecule is NC1CCN(Cc2ccccc2)CC1F. The van der Waals surface area contributed by atoms with E-state index >= 15 is 0 Å². The Bertz CT molecular complexity index is 302. The summed E-state index contributed by atoms with van der Waals surface area (Å²) in [6, 6.07) is 9.89. The number of nitrogens with zero attached hydrogens (tertiary/aromatic N) is 1. The molecule has 1 fully saturated rings. The lowest BCUT2D eigenvalue weighted by Crippen LogP contribution is -2.48. The van der Waals surface area contributed by atoms with Crippen LogP contribution in [-0.4, -0.2) is 30.2 Å². The number of hydrogen-bond donors (Lipinski definition) is 1. The molecule has 2 nitrogen and oxygen atoms in total. The molecule has 1 saturated heterocycles. The molecule has 2 unspecified atom stereocenters. The van der Waals surface area contributed by atoms with Gasteiger partial charge in [-0.25, -0.2) is 4.39 Å². The Morgan fingerprint density at radius 3 is 2.73 bits per heavy atom. The number of alkyl halides is 1. The zero-order valence-corrected chi connectivity index (χ0v) is 8.77. The lowest BCUT2D eigenvalue weighted by molar-refractivity contribution is 0.114. The Hall–Kier alpha value is -0.930. The van der Waals surface area contributed by atoms with Crippen LogP contribution < -0.4 is 5.73 Å². The normalized spacial score (nSPS) is 27.9. The van der Waals surface area contributed by atoms with Gasteiger partial charge in [0.2, 0.25) is 0 Å². The average molecular weight is 208 g/mol. The summed E-state index contributed by atoms with van der Waals surface area (Å²) in [5, 5.41) is 0. The highest BCUT2D eigenvalue weighted by Gasteiger charge is 2.25. The highest BCUT2D eigenvalue weighted by Crippen LogP contribution is 2.15. The van der Waals surface area contributed by atoms with Gasteiger partial charge in [-0.3, -0.25) is 4.90 Å². The standard InChI is InChI=1S/C12H17FN2/c13-11-9-15(7-6-12(11)14)8-10-4-2-1-3-5-10/h1-5,11-12H,6-9,14H2. The second-order valence-corrected chi connectivity index (χ2v) is 4.19. The first kappa shape index (κ1) is 10.6. The molecule has 1 aromatic rings. The highest BCUT2D eigenvalue weighted by atomic mass is 19.1. The summed E-state index contributed by atoms with van der Waals surface area (Å²) in [6.45, 7) is 2.19. The quantitative estimate of drug-likeness (QED) is 0.799. The number of nitrogens with two attached hydrogens (primary N) is 1. The first-order valence-corrected chi connectivity index (χ1v) is 5.41. The molecule has 82 valence electrons. The fourth-order valence-electron chi connectivity index (χ4n) is 1.97. The summed E-state index contributed by atoms with van der Waals surface area (Å²) in [5.41, 5.74) is 6.87. The van der Waals surface area contributed by atoms with Gasteiger partial charge < -0.3 is 5.73 Å². The van der Waals surface area contributed by atoms with E-state index in [4.69, 9.17) is 5.73 Å². The van der Waals surface area contributed by atoms with Gasteiger partial charge in [-0.05, 0) is 12.0 Å². The number of likely N-dealkylation sites (tertiary alicyclic amines) is 1. The van der Waals surface area contributed by atoms with Crippen LogP contribution in [0, 0.1) is 0 Å². The molecule has 1 aliphatic rings. The van der Waals surface area contributed by atoms with Crippen molar-refractivity contribution in [2.75, 3.05) is 13.1 Å². The monoisotopic (exact) mass is 208 g/mol. The van der Waals surface area contributed by atoms with Crippen LogP contribution >= 0.6 is 0 Å². The predicted octanol–water partition coefficient (Wildman–Crippen LogP) is 1.56. The van der Waals surface area contributed by atoms with E-state index in [1.54, 1.807) is 0 Å². The smallest absolute Gasteiger partial charge is 0.128 e. The van der Waals surface area contributed by atoms with Crippen LogP contribution in [0.2, 0.25) is 0 Å². The Morgan fingerprint density at radius 2 is 2.07 bits per heavy atom.